The number of benzene rings is 3. The minimum Gasteiger partial charge on any atom is -0.493 e. The molecule has 1 N–H and O–H groups in total. The van der Waals surface area contributed by atoms with Crippen molar-refractivity contribution in [3.63, 3.8) is 0 Å². The summed E-state index contributed by atoms with van der Waals surface area (Å²) in [5.41, 5.74) is 5.03. The maximum absolute atomic E-state index is 13.0. The average molecular weight is 392 g/mol. The topological polar surface area (TPSA) is 59.9 Å². The Balaban J connectivity index is 1.56. The molecule has 0 unspecified atom stereocenters. The molecule has 0 radical (unpaired) electrons. The van der Waals surface area contributed by atoms with Crippen LogP contribution in [0.1, 0.15) is 16.7 Å². The number of methoxy groups -OCH3 is 1. The standard InChI is InChI=1S/C23H21FN2O3/c1-28-22-13-19(15-25-26-23(27)14-17-5-3-2-4-6-17)9-12-21(22)29-16-18-7-10-20(24)11-8-18/h2-13,15H,14,16H2,1H3,(H,26,27)/b25-15-. The zero-order valence-corrected chi connectivity index (χ0v) is 16.0. The van der Waals surface area contributed by atoms with E-state index in [-0.39, 0.29) is 18.1 Å². The van der Waals surface area contributed by atoms with Gasteiger partial charge in [0.15, 0.2) is 11.5 Å². The number of nitrogens with zero attached hydrogens (tertiary/aromatic N) is 1. The molecule has 1 amide bonds. The SMILES string of the molecule is COc1cc(/C=N\NC(=O)Cc2ccccc2)ccc1OCc1ccc(F)cc1. The zero-order valence-electron chi connectivity index (χ0n) is 16.0. The molecule has 6 heteroatoms. The van der Waals surface area contributed by atoms with E-state index in [1.54, 1.807) is 37.4 Å². The highest BCUT2D eigenvalue weighted by molar-refractivity contribution is 5.84. The van der Waals surface area contributed by atoms with Crippen LogP contribution in [0.2, 0.25) is 0 Å². The van der Waals surface area contributed by atoms with Crippen molar-refractivity contribution in [2.45, 2.75) is 13.0 Å². The first kappa shape index (κ1) is 20.1. The Morgan fingerprint density at radius 3 is 2.48 bits per heavy atom. The number of halogens is 1. The van der Waals surface area contributed by atoms with Crippen LogP contribution in [0.3, 0.4) is 0 Å². The summed E-state index contributed by atoms with van der Waals surface area (Å²) >= 11 is 0. The predicted molar refractivity (Wildman–Crippen MR) is 110 cm³/mol. The van der Waals surface area contributed by atoms with Crippen LogP contribution in [0, 0.1) is 5.82 Å². The maximum atomic E-state index is 13.0. The van der Waals surface area contributed by atoms with E-state index in [9.17, 15) is 9.18 Å². The van der Waals surface area contributed by atoms with Gasteiger partial charge < -0.3 is 9.47 Å². The fourth-order valence-electron chi connectivity index (χ4n) is 2.63. The number of rotatable bonds is 8. The second-order valence-electron chi connectivity index (χ2n) is 6.28. The van der Waals surface area contributed by atoms with Crippen LogP contribution in [0.15, 0.2) is 77.9 Å². The fraction of sp³-hybridized carbons (Fsp3) is 0.130. The van der Waals surface area contributed by atoms with Crippen molar-refractivity contribution in [1.29, 1.82) is 0 Å². The Bertz CT molecular complexity index is 973. The van der Waals surface area contributed by atoms with Gasteiger partial charge >= 0.3 is 0 Å². The van der Waals surface area contributed by atoms with Crippen molar-refractivity contribution in [3.05, 3.63) is 95.3 Å². The van der Waals surface area contributed by atoms with Gasteiger partial charge in [0.1, 0.15) is 12.4 Å². The molecule has 5 nitrogen and oxygen atoms in total. The molecule has 0 aliphatic heterocycles. The maximum Gasteiger partial charge on any atom is 0.244 e. The minimum absolute atomic E-state index is 0.196. The summed E-state index contributed by atoms with van der Waals surface area (Å²) in [6.07, 6.45) is 1.80. The molecule has 0 bridgehead atoms. The van der Waals surface area contributed by atoms with E-state index in [1.807, 2.05) is 30.3 Å². The normalized spacial score (nSPS) is 10.7. The van der Waals surface area contributed by atoms with Gasteiger partial charge in [-0.15, -0.1) is 0 Å². The lowest BCUT2D eigenvalue weighted by Crippen LogP contribution is -2.19. The van der Waals surface area contributed by atoms with Gasteiger partial charge in [-0.2, -0.15) is 5.10 Å². The van der Waals surface area contributed by atoms with Crippen LogP contribution in [-0.2, 0) is 17.8 Å². The van der Waals surface area contributed by atoms with Crippen LogP contribution >= 0.6 is 0 Å². The Kier molecular flexibility index (Phi) is 6.95. The molecule has 0 aromatic heterocycles. The van der Waals surface area contributed by atoms with Crippen LogP contribution in [0.4, 0.5) is 4.39 Å². The monoisotopic (exact) mass is 392 g/mol. The van der Waals surface area contributed by atoms with Crippen molar-refractivity contribution >= 4 is 12.1 Å². The molecule has 0 spiro atoms. The number of carbonyl (C=O) groups excluding carboxylic acids is 1. The summed E-state index contributed by atoms with van der Waals surface area (Å²) in [5.74, 6) is 0.609. The largest absolute Gasteiger partial charge is 0.493 e. The lowest BCUT2D eigenvalue weighted by atomic mass is 10.1. The molecule has 3 aromatic carbocycles. The van der Waals surface area contributed by atoms with E-state index in [0.29, 0.717) is 18.1 Å². The third-order valence-corrected chi connectivity index (χ3v) is 4.11. The molecular formula is C23H21FN2O3. The van der Waals surface area contributed by atoms with Crippen LogP contribution in [0.5, 0.6) is 11.5 Å². The number of hydrogen-bond donors (Lipinski definition) is 1. The molecule has 3 rings (SSSR count). The molecule has 0 fully saturated rings. The van der Waals surface area contributed by atoms with Crippen molar-refractivity contribution in [2.75, 3.05) is 7.11 Å². The van der Waals surface area contributed by atoms with Gasteiger partial charge in [-0.05, 0) is 47.0 Å². The molecule has 0 heterocycles. The average Bonchev–Trinajstić information content (AvgIpc) is 2.74. The molecule has 0 aliphatic carbocycles. The summed E-state index contributed by atoms with van der Waals surface area (Å²) < 4.78 is 24.1. The highest BCUT2D eigenvalue weighted by Gasteiger charge is 2.06. The van der Waals surface area contributed by atoms with E-state index >= 15 is 0 Å². The third kappa shape index (κ3) is 6.17. The molecule has 0 atom stereocenters. The first-order valence-corrected chi connectivity index (χ1v) is 9.05. The van der Waals surface area contributed by atoms with Gasteiger partial charge in [0.05, 0.1) is 19.7 Å². The summed E-state index contributed by atoms with van der Waals surface area (Å²) in [5, 5.41) is 3.99. The minimum atomic E-state index is -0.286. The van der Waals surface area contributed by atoms with E-state index in [0.717, 1.165) is 16.7 Å². The van der Waals surface area contributed by atoms with Gasteiger partial charge in [-0.25, -0.2) is 9.82 Å². The number of ether oxygens (including phenoxy) is 2. The van der Waals surface area contributed by atoms with E-state index < -0.39 is 0 Å². The van der Waals surface area contributed by atoms with Crippen molar-refractivity contribution in [2.24, 2.45) is 5.10 Å². The third-order valence-electron chi connectivity index (χ3n) is 4.11. The van der Waals surface area contributed by atoms with Gasteiger partial charge in [0.2, 0.25) is 5.91 Å². The van der Waals surface area contributed by atoms with Gasteiger partial charge in [0.25, 0.3) is 0 Å². The predicted octanol–water partition coefficient (Wildman–Crippen LogP) is 4.11. The summed E-state index contributed by atoms with van der Waals surface area (Å²) in [6, 6.07) is 20.9. The zero-order chi connectivity index (χ0) is 20.5. The summed E-state index contributed by atoms with van der Waals surface area (Å²) in [6.45, 7) is 0.291. The fourth-order valence-corrected chi connectivity index (χ4v) is 2.63. The van der Waals surface area contributed by atoms with Crippen molar-refractivity contribution < 1.29 is 18.7 Å². The van der Waals surface area contributed by atoms with E-state index in [4.69, 9.17) is 9.47 Å². The number of hydrogen-bond acceptors (Lipinski definition) is 4. The van der Waals surface area contributed by atoms with Gasteiger partial charge in [-0.3, -0.25) is 4.79 Å². The summed E-state index contributed by atoms with van der Waals surface area (Å²) in [7, 11) is 1.54. The van der Waals surface area contributed by atoms with E-state index in [2.05, 4.69) is 10.5 Å². The molecule has 148 valence electrons. The molecule has 0 aliphatic rings. The Hall–Kier alpha value is -3.67. The lowest BCUT2D eigenvalue weighted by Gasteiger charge is -2.11. The van der Waals surface area contributed by atoms with Gasteiger partial charge in [0, 0.05) is 0 Å². The van der Waals surface area contributed by atoms with Crippen LogP contribution in [-0.4, -0.2) is 19.2 Å². The Morgan fingerprint density at radius 2 is 1.76 bits per heavy atom. The molecule has 3 aromatic rings. The number of nitrogens with one attached hydrogen (secondary N) is 1. The van der Waals surface area contributed by atoms with Crippen LogP contribution < -0.4 is 14.9 Å². The van der Waals surface area contributed by atoms with Gasteiger partial charge in [-0.1, -0.05) is 42.5 Å². The first-order chi connectivity index (χ1) is 14.1. The molecule has 29 heavy (non-hydrogen) atoms. The highest BCUT2D eigenvalue weighted by atomic mass is 19.1. The van der Waals surface area contributed by atoms with Crippen LogP contribution in [0.25, 0.3) is 0 Å². The second kappa shape index (κ2) is 10.0. The lowest BCUT2D eigenvalue weighted by molar-refractivity contribution is -0.120. The van der Waals surface area contributed by atoms with E-state index in [1.165, 1.54) is 18.3 Å². The smallest absolute Gasteiger partial charge is 0.244 e. The number of carbonyl (C=O) groups is 1. The highest BCUT2D eigenvalue weighted by Crippen LogP contribution is 2.28. The molecular weight excluding hydrogens is 371 g/mol. The molecule has 0 saturated heterocycles. The summed E-state index contributed by atoms with van der Waals surface area (Å²) in [4.78, 5) is 11.9. The second-order valence-corrected chi connectivity index (χ2v) is 6.28. The number of hydrazone groups is 1. The number of amides is 1. The first-order valence-electron chi connectivity index (χ1n) is 9.05. The van der Waals surface area contributed by atoms with Crippen molar-refractivity contribution in [1.82, 2.24) is 5.43 Å². The quantitative estimate of drug-likeness (QED) is 0.464. The Labute approximate surface area is 168 Å². The molecule has 0 saturated carbocycles. The Morgan fingerprint density at radius 1 is 1.00 bits per heavy atom. The van der Waals surface area contributed by atoms with Crippen molar-refractivity contribution in [3.8, 4) is 11.5 Å².